The first-order chi connectivity index (χ1) is 12.1. The Morgan fingerprint density at radius 2 is 1.76 bits per heavy atom. The van der Waals surface area contributed by atoms with Crippen molar-refractivity contribution >= 4 is 40.9 Å². The number of nitrogens with one attached hydrogen (secondary N) is 2. The third-order valence-corrected chi connectivity index (χ3v) is 6.72. The van der Waals surface area contributed by atoms with Gasteiger partial charge in [0.1, 0.15) is 4.88 Å². The Morgan fingerprint density at radius 1 is 1.08 bits per heavy atom. The van der Waals surface area contributed by atoms with Gasteiger partial charge in [-0.2, -0.15) is 0 Å². The molecule has 0 radical (unpaired) electrons. The minimum absolute atomic E-state index is 0.263. The molecule has 0 unspecified atom stereocenters. The normalized spacial score (nSPS) is 14.9. The smallest absolute Gasteiger partial charge is 0.329 e. The summed E-state index contributed by atoms with van der Waals surface area (Å²) in [6.45, 7) is 0. The van der Waals surface area contributed by atoms with E-state index in [-0.39, 0.29) is 6.03 Å². The number of fused-ring (bicyclic) bond motifs is 2. The topological polar surface area (TPSA) is 84.2 Å². The number of hydrogen-bond donors (Lipinski definition) is 3. The summed E-state index contributed by atoms with van der Waals surface area (Å²) in [4.78, 5) is 24.9. The molecule has 1 aromatic heterocycles. The number of hydrogen-bond acceptors (Lipinski definition) is 4. The first-order valence-corrected chi connectivity index (χ1v) is 10.1. The highest BCUT2D eigenvalue weighted by Gasteiger charge is 2.25. The summed E-state index contributed by atoms with van der Waals surface area (Å²) >= 11 is 2.40. The van der Waals surface area contributed by atoms with Crippen molar-refractivity contribution in [2.45, 2.75) is 43.4 Å². The second kappa shape index (κ2) is 6.72. The van der Waals surface area contributed by atoms with E-state index in [0.717, 1.165) is 56.2 Å². The van der Waals surface area contributed by atoms with E-state index >= 15 is 0 Å². The van der Waals surface area contributed by atoms with E-state index < -0.39 is 5.91 Å². The Labute approximate surface area is 154 Å². The highest BCUT2D eigenvalue weighted by atomic mass is 32.2. The van der Waals surface area contributed by atoms with E-state index in [2.05, 4.69) is 16.1 Å². The average molecular weight is 374 g/mol. The number of aryl methyl sites for hydroxylation is 2. The van der Waals surface area contributed by atoms with Gasteiger partial charge in [-0.25, -0.2) is 4.79 Å². The minimum atomic E-state index is -0.474. The molecule has 7 heteroatoms. The van der Waals surface area contributed by atoms with Gasteiger partial charge < -0.3 is 11.1 Å². The van der Waals surface area contributed by atoms with Crippen LogP contribution < -0.4 is 15.8 Å². The first kappa shape index (κ1) is 16.5. The first-order valence-electron chi connectivity index (χ1n) is 8.41. The van der Waals surface area contributed by atoms with Gasteiger partial charge in [-0.1, -0.05) is 6.07 Å². The summed E-state index contributed by atoms with van der Waals surface area (Å²) in [7, 11) is 0. The third kappa shape index (κ3) is 3.14. The van der Waals surface area contributed by atoms with Gasteiger partial charge in [0, 0.05) is 5.69 Å². The molecule has 4 N–H and O–H groups in total. The van der Waals surface area contributed by atoms with Crippen molar-refractivity contribution in [2.75, 3.05) is 5.32 Å². The maximum atomic E-state index is 12.4. The quantitative estimate of drug-likeness (QED) is 0.715. The fourth-order valence-corrected chi connectivity index (χ4v) is 5.34. The highest BCUT2D eigenvalue weighted by molar-refractivity contribution is 7.98. The van der Waals surface area contributed by atoms with Crippen molar-refractivity contribution in [3.05, 3.63) is 44.6 Å². The van der Waals surface area contributed by atoms with Crippen LogP contribution in [0.2, 0.25) is 0 Å². The summed E-state index contributed by atoms with van der Waals surface area (Å²) in [6.07, 6.45) is 6.57. The molecule has 0 atom stereocenters. The van der Waals surface area contributed by atoms with Crippen LogP contribution in [-0.4, -0.2) is 11.9 Å². The molecule has 0 saturated heterocycles. The van der Waals surface area contributed by atoms with Crippen LogP contribution in [0.3, 0.4) is 0 Å². The van der Waals surface area contributed by atoms with Gasteiger partial charge in [0.25, 0.3) is 5.91 Å². The summed E-state index contributed by atoms with van der Waals surface area (Å²) in [5, 5.41) is 4.86. The summed E-state index contributed by atoms with van der Waals surface area (Å²) in [5.74, 6) is -0.474. The third-order valence-electron chi connectivity index (χ3n) is 4.82. The molecule has 0 aliphatic heterocycles. The molecule has 3 amide bonds. The SMILES string of the molecule is NC(=O)c1sccc1SNC(=O)Nc1c2c(cc3c1CCC3)CCC2. The van der Waals surface area contributed by atoms with Gasteiger partial charge in [-0.05, 0) is 84.2 Å². The number of nitrogens with two attached hydrogens (primary N) is 1. The lowest BCUT2D eigenvalue weighted by Crippen LogP contribution is -2.24. The molecular formula is C18H19N3O2S2. The molecule has 5 nitrogen and oxygen atoms in total. The maximum Gasteiger partial charge on any atom is 0.329 e. The molecule has 0 bridgehead atoms. The lowest BCUT2D eigenvalue weighted by atomic mass is 9.99. The number of benzene rings is 1. The predicted octanol–water partition coefficient (Wildman–Crippen LogP) is 3.65. The molecule has 130 valence electrons. The van der Waals surface area contributed by atoms with Crippen LogP contribution in [0.25, 0.3) is 0 Å². The standard InChI is InChI=1S/C18H19N3O2S2/c19-17(22)16-14(7-8-24-16)25-21-18(23)20-15-12-5-1-3-10(12)9-11-4-2-6-13(11)15/h7-9H,1-6H2,(H2,19,22)(H2,20,21,23). The number of anilines is 1. The van der Waals surface area contributed by atoms with Crippen molar-refractivity contribution < 1.29 is 9.59 Å². The van der Waals surface area contributed by atoms with E-state index in [1.807, 2.05) is 0 Å². The van der Waals surface area contributed by atoms with Gasteiger partial charge in [0.05, 0.1) is 4.90 Å². The molecule has 25 heavy (non-hydrogen) atoms. The fourth-order valence-electron chi connectivity index (χ4n) is 3.77. The fraction of sp³-hybridized carbons (Fsp3) is 0.333. The van der Waals surface area contributed by atoms with Crippen molar-refractivity contribution in [1.82, 2.24) is 4.72 Å². The highest BCUT2D eigenvalue weighted by Crippen LogP contribution is 2.38. The van der Waals surface area contributed by atoms with Gasteiger partial charge in [0.15, 0.2) is 0 Å². The van der Waals surface area contributed by atoms with Crippen LogP contribution >= 0.6 is 23.3 Å². The Balaban J connectivity index is 1.50. The minimum Gasteiger partial charge on any atom is -0.365 e. The zero-order valence-corrected chi connectivity index (χ0v) is 15.3. The number of thiophene rings is 1. The molecule has 0 spiro atoms. The second-order valence-electron chi connectivity index (χ2n) is 6.37. The molecule has 0 fully saturated rings. The van der Waals surface area contributed by atoms with Gasteiger partial charge >= 0.3 is 6.03 Å². The van der Waals surface area contributed by atoms with Crippen LogP contribution in [0.15, 0.2) is 22.4 Å². The summed E-state index contributed by atoms with van der Waals surface area (Å²) in [5.41, 5.74) is 11.7. The molecule has 2 aliphatic rings. The lowest BCUT2D eigenvalue weighted by molar-refractivity contribution is 0.100. The van der Waals surface area contributed by atoms with Gasteiger partial charge in [-0.15, -0.1) is 11.3 Å². The molecule has 1 aromatic carbocycles. The molecule has 2 aliphatic carbocycles. The molecule has 1 heterocycles. The Morgan fingerprint density at radius 3 is 2.40 bits per heavy atom. The second-order valence-corrected chi connectivity index (χ2v) is 8.13. The van der Waals surface area contributed by atoms with Crippen molar-refractivity contribution in [3.63, 3.8) is 0 Å². The van der Waals surface area contributed by atoms with Crippen molar-refractivity contribution in [3.8, 4) is 0 Å². The number of amides is 3. The Kier molecular flexibility index (Phi) is 4.43. The number of primary amides is 1. The van der Waals surface area contributed by atoms with E-state index in [4.69, 9.17) is 5.73 Å². The number of urea groups is 1. The number of carbonyl (C=O) groups is 2. The Bertz CT molecular complexity index is 828. The Hall–Kier alpha value is -1.99. The number of carbonyl (C=O) groups excluding carboxylic acids is 2. The van der Waals surface area contributed by atoms with Crippen LogP contribution in [-0.2, 0) is 25.7 Å². The predicted molar refractivity (Wildman–Crippen MR) is 101 cm³/mol. The van der Waals surface area contributed by atoms with Crippen molar-refractivity contribution in [2.24, 2.45) is 5.73 Å². The van der Waals surface area contributed by atoms with Crippen LogP contribution in [0.5, 0.6) is 0 Å². The largest absolute Gasteiger partial charge is 0.365 e. The zero-order valence-electron chi connectivity index (χ0n) is 13.7. The van der Waals surface area contributed by atoms with Crippen molar-refractivity contribution in [1.29, 1.82) is 0 Å². The summed E-state index contributed by atoms with van der Waals surface area (Å²) in [6, 6.07) is 3.86. The lowest BCUT2D eigenvalue weighted by Gasteiger charge is -2.16. The van der Waals surface area contributed by atoms with E-state index in [9.17, 15) is 9.59 Å². The van der Waals surface area contributed by atoms with Gasteiger partial charge in [-0.3, -0.25) is 9.52 Å². The van der Waals surface area contributed by atoms with E-state index in [0.29, 0.717) is 9.77 Å². The van der Waals surface area contributed by atoms with Gasteiger partial charge in [0.2, 0.25) is 0 Å². The average Bonchev–Trinajstić information content (AvgIpc) is 3.32. The molecular weight excluding hydrogens is 354 g/mol. The van der Waals surface area contributed by atoms with Crippen LogP contribution in [0, 0.1) is 0 Å². The summed E-state index contributed by atoms with van der Waals surface area (Å²) < 4.78 is 2.78. The monoisotopic (exact) mass is 373 g/mol. The van der Waals surface area contributed by atoms with E-state index in [1.165, 1.54) is 33.6 Å². The van der Waals surface area contributed by atoms with Crippen LogP contribution in [0.1, 0.15) is 44.8 Å². The molecule has 0 saturated carbocycles. The zero-order chi connectivity index (χ0) is 17.4. The van der Waals surface area contributed by atoms with Crippen LogP contribution in [0.4, 0.5) is 10.5 Å². The molecule has 2 aromatic rings. The maximum absolute atomic E-state index is 12.4. The number of rotatable bonds is 4. The molecule has 4 rings (SSSR count). The van der Waals surface area contributed by atoms with E-state index in [1.54, 1.807) is 11.4 Å².